The zero-order chi connectivity index (χ0) is 4.99. The summed E-state index contributed by atoms with van der Waals surface area (Å²) in [6, 6.07) is 0. The van der Waals surface area contributed by atoms with Gasteiger partial charge in [-0.2, -0.15) is 0 Å². The van der Waals surface area contributed by atoms with Gasteiger partial charge in [0.15, 0.2) is 0 Å². The second-order valence-electron chi connectivity index (χ2n) is 0.930. The first-order valence-electron chi connectivity index (χ1n) is 1.74. The smallest absolute Gasteiger partial charge is 0.120 e. The van der Waals surface area contributed by atoms with Gasteiger partial charge in [-0.1, -0.05) is 16.4 Å². The Morgan fingerprint density at radius 2 is 2.33 bits per heavy atom. The van der Waals surface area contributed by atoms with E-state index in [4.69, 9.17) is 0 Å². The monoisotopic (exact) mass is 124 g/mol. The summed E-state index contributed by atoms with van der Waals surface area (Å²) < 4.78 is 9.79. The first-order valence-corrected chi connectivity index (χ1v) is 4.80. The summed E-state index contributed by atoms with van der Waals surface area (Å²) in [7, 11) is 0.780. The van der Waals surface area contributed by atoms with Gasteiger partial charge >= 0.3 is 0 Å². The lowest BCUT2D eigenvalue weighted by Gasteiger charge is -1.79. The Bertz CT molecular complexity index is 82.8. The predicted molar refractivity (Wildman–Crippen MR) is 32.0 cm³/mol. The zero-order valence-electron chi connectivity index (χ0n) is 3.93. The topological polar surface area (TPSA) is 17.1 Å². The molecule has 0 saturated heterocycles. The highest BCUT2D eigenvalue weighted by molar-refractivity contribution is 8.30. The van der Waals surface area contributed by atoms with Crippen LogP contribution in [0.2, 0.25) is 0 Å². The summed E-state index contributed by atoms with van der Waals surface area (Å²) in [5.41, 5.74) is 0. The van der Waals surface area contributed by atoms with Gasteiger partial charge in [-0.15, -0.1) is 0 Å². The van der Waals surface area contributed by atoms with Crippen LogP contribution in [0, 0.1) is 0 Å². The van der Waals surface area contributed by atoms with Gasteiger partial charge in [0.1, 0.15) is 10.2 Å². The van der Waals surface area contributed by atoms with E-state index in [1.807, 2.05) is 13.2 Å². The van der Waals surface area contributed by atoms with Crippen LogP contribution in [0.4, 0.5) is 0 Å². The van der Waals surface area contributed by atoms with E-state index in [1.54, 1.807) is 0 Å². The zero-order valence-corrected chi connectivity index (χ0v) is 5.56. The summed E-state index contributed by atoms with van der Waals surface area (Å²) in [6.45, 7) is 2.02. The van der Waals surface area contributed by atoms with E-state index >= 15 is 0 Å². The van der Waals surface area contributed by atoms with Crippen molar-refractivity contribution in [1.29, 1.82) is 0 Å². The molecule has 6 heavy (non-hydrogen) atoms. The maximum absolute atomic E-state index is 9.79. The van der Waals surface area contributed by atoms with Gasteiger partial charge < -0.3 is 0 Å². The molecule has 0 rings (SSSR count). The number of rotatable bonds is 1. The van der Waals surface area contributed by atoms with E-state index in [0.717, 1.165) is 5.75 Å². The molecule has 0 aromatic carbocycles. The first-order chi connectivity index (χ1) is 2.81. The lowest BCUT2D eigenvalue weighted by Crippen LogP contribution is -1.83. The van der Waals surface area contributed by atoms with Crippen molar-refractivity contribution in [3.63, 3.8) is 0 Å². The van der Waals surface area contributed by atoms with Gasteiger partial charge in [-0.3, -0.25) is 0 Å². The third kappa shape index (κ3) is 2.60. The molecule has 0 aliphatic heterocycles. The van der Waals surface area contributed by atoms with Gasteiger partial charge in [0.2, 0.25) is 0 Å². The van der Waals surface area contributed by atoms with Crippen LogP contribution in [0.15, 0.2) is 0 Å². The largest absolute Gasteiger partial charge is 0.205 e. The molecule has 0 heterocycles. The molecule has 0 amide bonds. The minimum absolute atomic E-state index is 0.0772. The third-order valence-corrected chi connectivity index (χ3v) is 2.97. The van der Waals surface area contributed by atoms with Crippen molar-refractivity contribution in [2.75, 3.05) is 12.0 Å². The van der Waals surface area contributed by atoms with E-state index in [1.165, 1.54) is 0 Å². The highest BCUT2D eigenvalue weighted by atomic mass is 32.8. The Kier molecular flexibility index (Phi) is 3.78. The van der Waals surface area contributed by atoms with Crippen molar-refractivity contribution >= 4 is 19.7 Å². The molecule has 0 bridgehead atoms. The first kappa shape index (κ1) is 6.37. The van der Waals surface area contributed by atoms with Gasteiger partial charge in [0, 0.05) is 0 Å². The van der Waals surface area contributed by atoms with E-state index in [9.17, 15) is 4.21 Å². The standard InChI is InChI=1S/C3H8OS2/c1-3-6(2)5-4/h3H2,1-2H3. The highest BCUT2D eigenvalue weighted by Gasteiger charge is 1.72. The van der Waals surface area contributed by atoms with E-state index in [2.05, 4.69) is 0 Å². The van der Waals surface area contributed by atoms with Crippen molar-refractivity contribution in [2.24, 2.45) is 0 Å². The maximum atomic E-state index is 9.79. The molecule has 3 heteroatoms. The van der Waals surface area contributed by atoms with Crippen LogP contribution in [0.1, 0.15) is 6.92 Å². The van der Waals surface area contributed by atoms with E-state index in [0.29, 0.717) is 10.2 Å². The summed E-state index contributed by atoms with van der Waals surface area (Å²) >= 11 is 0. The molecule has 0 aromatic rings. The highest BCUT2D eigenvalue weighted by Crippen LogP contribution is 1.69. The summed E-state index contributed by atoms with van der Waals surface area (Å²) in [6.07, 6.45) is 1.96. The molecule has 0 radical (unpaired) electrons. The van der Waals surface area contributed by atoms with Crippen LogP contribution in [-0.2, 0) is 19.7 Å². The van der Waals surface area contributed by atoms with E-state index < -0.39 is 0 Å². The fourth-order valence-electron chi connectivity index (χ4n) is 0.0481. The van der Waals surface area contributed by atoms with Crippen LogP contribution >= 0.6 is 0 Å². The van der Waals surface area contributed by atoms with Crippen LogP contribution in [0.5, 0.6) is 0 Å². The van der Waals surface area contributed by atoms with Crippen molar-refractivity contribution < 1.29 is 4.21 Å². The van der Waals surface area contributed by atoms with Gasteiger partial charge in [-0.05, 0) is 12.0 Å². The molecular formula is C3H8OS2. The van der Waals surface area contributed by atoms with Crippen LogP contribution in [0.3, 0.4) is 0 Å². The summed E-state index contributed by atoms with van der Waals surface area (Å²) in [5.74, 6) is 1.01. The number of hydrogen-bond donors (Lipinski definition) is 0. The van der Waals surface area contributed by atoms with Crippen molar-refractivity contribution in [3.05, 3.63) is 0 Å². The Labute approximate surface area is 43.4 Å². The third-order valence-electron chi connectivity index (χ3n) is 0.523. The van der Waals surface area contributed by atoms with Gasteiger partial charge in [0.25, 0.3) is 0 Å². The maximum Gasteiger partial charge on any atom is 0.120 e. The van der Waals surface area contributed by atoms with Crippen LogP contribution in [-0.4, -0.2) is 16.2 Å². The van der Waals surface area contributed by atoms with Crippen LogP contribution in [0.25, 0.3) is 0 Å². The molecule has 1 atom stereocenters. The van der Waals surface area contributed by atoms with Gasteiger partial charge in [-0.25, -0.2) is 4.21 Å². The SMILES string of the molecule is CCS(C)=S=O. The minimum Gasteiger partial charge on any atom is -0.205 e. The summed E-state index contributed by atoms with van der Waals surface area (Å²) in [5, 5.41) is 0. The molecule has 38 valence electrons. The quantitative estimate of drug-likeness (QED) is 0.494. The Balaban J connectivity index is 3.52. The minimum atomic E-state index is 0.0772. The Hall–Kier alpha value is 0.370. The molecule has 0 aliphatic rings. The lowest BCUT2D eigenvalue weighted by atomic mass is 11.0. The number of hydrogen-bond acceptors (Lipinski definition) is 1. The molecule has 1 unspecified atom stereocenters. The average Bonchev–Trinajstić information content (AvgIpc) is 1.65. The molecular weight excluding hydrogens is 116 g/mol. The fraction of sp³-hybridized carbons (Fsp3) is 1.00. The van der Waals surface area contributed by atoms with E-state index in [-0.39, 0.29) is 9.45 Å². The second kappa shape index (κ2) is 3.56. The lowest BCUT2D eigenvalue weighted by molar-refractivity contribution is 0.701. The Morgan fingerprint density at radius 3 is 2.33 bits per heavy atom. The molecule has 1 nitrogen and oxygen atoms in total. The normalized spacial score (nSPS) is 13.7. The molecule has 0 aliphatic carbocycles. The van der Waals surface area contributed by atoms with Crippen molar-refractivity contribution in [2.45, 2.75) is 6.92 Å². The molecule has 0 saturated carbocycles. The van der Waals surface area contributed by atoms with Crippen molar-refractivity contribution in [3.8, 4) is 0 Å². The summed E-state index contributed by atoms with van der Waals surface area (Å²) in [4.78, 5) is 0. The molecule has 0 spiro atoms. The van der Waals surface area contributed by atoms with Gasteiger partial charge in [0.05, 0.1) is 0 Å². The predicted octanol–water partition coefficient (Wildman–Crippen LogP) is 0.382. The Morgan fingerprint density at radius 1 is 1.83 bits per heavy atom. The fourth-order valence-corrected chi connectivity index (χ4v) is 0.433. The molecule has 0 aromatic heterocycles. The average molecular weight is 124 g/mol. The van der Waals surface area contributed by atoms with Crippen LogP contribution < -0.4 is 0 Å². The molecule has 0 N–H and O–H groups in total. The second-order valence-corrected chi connectivity index (χ2v) is 4.91. The molecule has 0 fully saturated rings. The van der Waals surface area contributed by atoms with Crippen molar-refractivity contribution in [1.82, 2.24) is 0 Å².